The van der Waals surface area contributed by atoms with Crippen molar-refractivity contribution in [1.29, 1.82) is 0 Å². The molecule has 6 heteroatoms. The van der Waals surface area contributed by atoms with Crippen LogP contribution in [0.3, 0.4) is 0 Å². The SMILES string of the molecule is CC[C@H](NC(=O)c1ccc2c(c1)OCCO2)c1ccc2c(c1)OCCCO2. The number of rotatable bonds is 4. The molecule has 1 atom stereocenters. The highest BCUT2D eigenvalue weighted by Crippen LogP contribution is 2.34. The number of hydrogen-bond acceptors (Lipinski definition) is 5. The van der Waals surface area contributed by atoms with Crippen LogP contribution in [0.5, 0.6) is 23.0 Å². The van der Waals surface area contributed by atoms with Crippen molar-refractivity contribution in [2.45, 2.75) is 25.8 Å². The zero-order chi connectivity index (χ0) is 18.6. The fraction of sp³-hybridized carbons (Fsp3) is 0.381. The van der Waals surface area contributed by atoms with E-state index < -0.39 is 0 Å². The minimum atomic E-state index is -0.147. The number of ether oxygens (including phenoxy) is 4. The van der Waals surface area contributed by atoms with Crippen LogP contribution >= 0.6 is 0 Å². The molecule has 0 saturated heterocycles. The highest BCUT2D eigenvalue weighted by atomic mass is 16.6. The van der Waals surface area contributed by atoms with Crippen molar-refractivity contribution in [2.75, 3.05) is 26.4 Å². The summed E-state index contributed by atoms with van der Waals surface area (Å²) in [4.78, 5) is 12.8. The first-order valence-electron chi connectivity index (χ1n) is 9.34. The molecule has 27 heavy (non-hydrogen) atoms. The van der Waals surface area contributed by atoms with Crippen LogP contribution in [0.2, 0.25) is 0 Å². The number of fused-ring (bicyclic) bond motifs is 2. The third-order valence-electron chi connectivity index (χ3n) is 4.69. The van der Waals surface area contributed by atoms with Gasteiger partial charge in [0, 0.05) is 12.0 Å². The fourth-order valence-corrected chi connectivity index (χ4v) is 3.24. The Kier molecular flexibility index (Phi) is 5.05. The van der Waals surface area contributed by atoms with Gasteiger partial charge in [-0.1, -0.05) is 13.0 Å². The topological polar surface area (TPSA) is 66.0 Å². The van der Waals surface area contributed by atoms with Crippen molar-refractivity contribution in [3.05, 3.63) is 47.5 Å². The van der Waals surface area contributed by atoms with E-state index in [4.69, 9.17) is 18.9 Å². The molecule has 0 bridgehead atoms. The summed E-state index contributed by atoms with van der Waals surface area (Å²) in [5.41, 5.74) is 1.54. The van der Waals surface area contributed by atoms with Crippen molar-refractivity contribution in [3.63, 3.8) is 0 Å². The lowest BCUT2D eigenvalue weighted by Gasteiger charge is -2.21. The molecule has 0 saturated carbocycles. The molecule has 0 fully saturated rings. The lowest BCUT2D eigenvalue weighted by atomic mass is 10.0. The molecule has 2 heterocycles. The summed E-state index contributed by atoms with van der Waals surface area (Å²) in [5, 5.41) is 3.10. The standard InChI is InChI=1S/C21H23NO5/c1-2-16(14-4-6-17-19(12-14)25-9-3-8-24-17)22-21(23)15-5-7-18-20(13-15)27-11-10-26-18/h4-7,12-13,16H,2-3,8-11H2,1H3,(H,22,23)/t16-/m0/s1. The predicted octanol–water partition coefficient (Wildman–Crippen LogP) is 3.50. The second-order valence-electron chi connectivity index (χ2n) is 6.55. The Morgan fingerprint density at radius 3 is 2.30 bits per heavy atom. The molecular weight excluding hydrogens is 346 g/mol. The van der Waals surface area contributed by atoms with E-state index in [0.29, 0.717) is 43.5 Å². The van der Waals surface area contributed by atoms with Crippen LogP contribution in [-0.4, -0.2) is 32.3 Å². The van der Waals surface area contributed by atoms with Gasteiger partial charge in [0.05, 0.1) is 19.3 Å². The maximum atomic E-state index is 12.8. The third-order valence-corrected chi connectivity index (χ3v) is 4.69. The highest BCUT2D eigenvalue weighted by molar-refractivity contribution is 5.95. The molecular formula is C21H23NO5. The highest BCUT2D eigenvalue weighted by Gasteiger charge is 2.20. The molecule has 0 aliphatic carbocycles. The first-order chi connectivity index (χ1) is 13.2. The first kappa shape index (κ1) is 17.5. The third kappa shape index (κ3) is 3.79. The van der Waals surface area contributed by atoms with Gasteiger partial charge in [0.2, 0.25) is 0 Å². The van der Waals surface area contributed by atoms with E-state index in [1.807, 2.05) is 25.1 Å². The van der Waals surface area contributed by atoms with E-state index in [2.05, 4.69) is 5.32 Å². The number of carbonyl (C=O) groups is 1. The van der Waals surface area contributed by atoms with Crippen molar-refractivity contribution in [3.8, 4) is 23.0 Å². The molecule has 1 N–H and O–H groups in total. The largest absolute Gasteiger partial charge is 0.490 e. The van der Waals surface area contributed by atoms with Gasteiger partial charge >= 0.3 is 0 Å². The van der Waals surface area contributed by atoms with Gasteiger partial charge in [-0.2, -0.15) is 0 Å². The maximum Gasteiger partial charge on any atom is 0.251 e. The van der Waals surface area contributed by atoms with Crippen LogP contribution in [0.1, 0.15) is 41.7 Å². The zero-order valence-electron chi connectivity index (χ0n) is 15.3. The van der Waals surface area contributed by atoms with Gasteiger partial charge in [0.15, 0.2) is 23.0 Å². The predicted molar refractivity (Wildman–Crippen MR) is 100.0 cm³/mol. The molecule has 0 unspecified atom stereocenters. The van der Waals surface area contributed by atoms with Gasteiger partial charge < -0.3 is 24.3 Å². The summed E-state index contributed by atoms with van der Waals surface area (Å²) in [6.07, 6.45) is 1.62. The Morgan fingerprint density at radius 1 is 0.889 bits per heavy atom. The van der Waals surface area contributed by atoms with E-state index in [-0.39, 0.29) is 11.9 Å². The monoisotopic (exact) mass is 369 g/mol. The molecule has 2 aliphatic heterocycles. The van der Waals surface area contributed by atoms with E-state index in [1.165, 1.54) is 0 Å². The summed E-state index contributed by atoms with van der Waals surface area (Å²) in [6.45, 7) is 4.35. The Morgan fingerprint density at radius 2 is 1.52 bits per heavy atom. The van der Waals surface area contributed by atoms with Crippen molar-refractivity contribution in [1.82, 2.24) is 5.32 Å². The van der Waals surface area contributed by atoms with Crippen LogP contribution < -0.4 is 24.3 Å². The Hall–Kier alpha value is -2.89. The van der Waals surface area contributed by atoms with Gasteiger partial charge in [-0.15, -0.1) is 0 Å². The van der Waals surface area contributed by atoms with E-state index in [1.54, 1.807) is 18.2 Å². The zero-order valence-corrected chi connectivity index (χ0v) is 15.3. The lowest BCUT2D eigenvalue weighted by Crippen LogP contribution is -2.28. The average Bonchev–Trinajstić information content (AvgIpc) is 2.96. The molecule has 1 amide bonds. The van der Waals surface area contributed by atoms with Crippen LogP contribution in [0.4, 0.5) is 0 Å². The van der Waals surface area contributed by atoms with E-state index in [0.717, 1.165) is 29.9 Å². The molecule has 2 aliphatic rings. The summed E-state index contributed by atoms with van der Waals surface area (Å²) in [5.74, 6) is 2.62. The molecule has 2 aromatic carbocycles. The van der Waals surface area contributed by atoms with Gasteiger partial charge in [-0.3, -0.25) is 4.79 Å². The van der Waals surface area contributed by atoms with Crippen molar-refractivity contribution in [2.24, 2.45) is 0 Å². The van der Waals surface area contributed by atoms with Gasteiger partial charge in [-0.05, 0) is 42.3 Å². The Labute approximate surface area is 158 Å². The number of hydrogen-bond donors (Lipinski definition) is 1. The van der Waals surface area contributed by atoms with Crippen molar-refractivity contribution >= 4 is 5.91 Å². The first-order valence-corrected chi connectivity index (χ1v) is 9.34. The second-order valence-corrected chi connectivity index (χ2v) is 6.55. The summed E-state index contributed by atoms with van der Waals surface area (Å²) in [7, 11) is 0. The maximum absolute atomic E-state index is 12.8. The molecule has 4 rings (SSSR count). The van der Waals surface area contributed by atoms with Crippen LogP contribution in [0.15, 0.2) is 36.4 Å². The Bertz CT molecular complexity index is 835. The number of amides is 1. The number of carbonyl (C=O) groups excluding carboxylic acids is 1. The molecule has 0 radical (unpaired) electrons. The smallest absolute Gasteiger partial charge is 0.251 e. The van der Waals surface area contributed by atoms with Gasteiger partial charge in [0.25, 0.3) is 5.91 Å². The Balaban J connectivity index is 1.52. The van der Waals surface area contributed by atoms with Gasteiger partial charge in [-0.25, -0.2) is 0 Å². The van der Waals surface area contributed by atoms with Crippen LogP contribution in [0, 0.1) is 0 Å². The summed E-state index contributed by atoms with van der Waals surface area (Å²) >= 11 is 0. The summed E-state index contributed by atoms with van der Waals surface area (Å²) in [6, 6.07) is 11.0. The fourth-order valence-electron chi connectivity index (χ4n) is 3.24. The molecule has 2 aromatic rings. The van der Waals surface area contributed by atoms with Crippen LogP contribution in [0.25, 0.3) is 0 Å². The molecule has 0 spiro atoms. The van der Waals surface area contributed by atoms with Crippen molar-refractivity contribution < 1.29 is 23.7 Å². The molecule has 6 nitrogen and oxygen atoms in total. The van der Waals surface area contributed by atoms with Crippen LogP contribution in [-0.2, 0) is 0 Å². The van der Waals surface area contributed by atoms with E-state index >= 15 is 0 Å². The van der Waals surface area contributed by atoms with E-state index in [9.17, 15) is 4.79 Å². The number of benzene rings is 2. The lowest BCUT2D eigenvalue weighted by molar-refractivity contribution is 0.0934. The quantitative estimate of drug-likeness (QED) is 0.894. The normalized spacial score (nSPS) is 16.2. The minimum Gasteiger partial charge on any atom is -0.490 e. The average molecular weight is 369 g/mol. The minimum absolute atomic E-state index is 0.122. The number of nitrogens with one attached hydrogen (secondary N) is 1. The van der Waals surface area contributed by atoms with Gasteiger partial charge in [0.1, 0.15) is 13.2 Å². The molecule has 142 valence electrons. The second kappa shape index (κ2) is 7.78. The molecule has 0 aromatic heterocycles. The summed E-state index contributed by atoms with van der Waals surface area (Å²) < 4.78 is 22.5.